The molecule has 3 rings (SSSR count). The number of nitrogens with one attached hydrogen (secondary N) is 2. The van der Waals surface area contributed by atoms with Crippen molar-refractivity contribution < 1.29 is 0 Å². The third kappa shape index (κ3) is 3.36. The minimum Gasteiger partial charge on any atom is -0.342 e. The Morgan fingerprint density at radius 1 is 1.27 bits per heavy atom. The van der Waals surface area contributed by atoms with E-state index in [0.29, 0.717) is 6.04 Å². The van der Waals surface area contributed by atoms with Crippen molar-refractivity contribution in [3.63, 3.8) is 0 Å². The van der Waals surface area contributed by atoms with Crippen LogP contribution in [0.3, 0.4) is 0 Å². The standard InChI is InChI=1S/C17H23N5/c1-12-10-14(3)22(21-12)11-13(2)18-9-8-17-19-15-6-4-5-7-16(15)20-17/h4-7,10,13,18H,8-9,11H2,1-3H3,(H,19,20)/t13-/m0/s1. The minimum atomic E-state index is 0.377. The van der Waals surface area contributed by atoms with Gasteiger partial charge in [-0.25, -0.2) is 4.98 Å². The summed E-state index contributed by atoms with van der Waals surface area (Å²) in [6.07, 6.45) is 0.899. The molecule has 0 saturated carbocycles. The van der Waals surface area contributed by atoms with Gasteiger partial charge in [0.15, 0.2) is 0 Å². The summed E-state index contributed by atoms with van der Waals surface area (Å²) in [5.41, 5.74) is 4.43. The van der Waals surface area contributed by atoms with Crippen molar-refractivity contribution in [1.29, 1.82) is 0 Å². The number of benzene rings is 1. The van der Waals surface area contributed by atoms with Crippen LogP contribution in [0, 0.1) is 13.8 Å². The van der Waals surface area contributed by atoms with Gasteiger partial charge in [-0.2, -0.15) is 5.10 Å². The van der Waals surface area contributed by atoms with Gasteiger partial charge in [0.2, 0.25) is 0 Å². The van der Waals surface area contributed by atoms with Gasteiger partial charge in [-0.1, -0.05) is 12.1 Å². The van der Waals surface area contributed by atoms with Gasteiger partial charge >= 0.3 is 0 Å². The fourth-order valence-corrected chi connectivity index (χ4v) is 2.74. The molecule has 0 radical (unpaired) electrons. The highest BCUT2D eigenvalue weighted by molar-refractivity contribution is 5.74. The first-order valence-electron chi connectivity index (χ1n) is 7.80. The lowest BCUT2D eigenvalue weighted by atomic mass is 10.3. The molecular weight excluding hydrogens is 274 g/mol. The van der Waals surface area contributed by atoms with Crippen LogP contribution in [0.1, 0.15) is 24.1 Å². The number of fused-ring (bicyclic) bond motifs is 1. The van der Waals surface area contributed by atoms with E-state index in [9.17, 15) is 0 Å². The number of nitrogens with zero attached hydrogens (tertiary/aromatic N) is 3. The molecule has 22 heavy (non-hydrogen) atoms. The number of para-hydroxylation sites is 2. The third-order valence-electron chi connectivity index (χ3n) is 3.84. The maximum absolute atomic E-state index is 4.60. The molecule has 5 heteroatoms. The van der Waals surface area contributed by atoms with E-state index in [1.807, 2.05) is 25.1 Å². The van der Waals surface area contributed by atoms with Crippen LogP contribution in [0.15, 0.2) is 30.3 Å². The molecule has 5 nitrogen and oxygen atoms in total. The molecule has 0 bridgehead atoms. The van der Waals surface area contributed by atoms with Crippen LogP contribution < -0.4 is 5.32 Å². The monoisotopic (exact) mass is 297 g/mol. The van der Waals surface area contributed by atoms with Gasteiger partial charge in [-0.05, 0) is 39.0 Å². The van der Waals surface area contributed by atoms with Gasteiger partial charge in [-0.3, -0.25) is 4.68 Å². The molecule has 0 aliphatic carbocycles. The van der Waals surface area contributed by atoms with Crippen molar-refractivity contribution in [3.05, 3.63) is 47.5 Å². The van der Waals surface area contributed by atoms with Gasteiger partial charge < -0.3 is 10.3 Å². The zero-order valence-electron chi connectivity index (χ0n) is 13.4. The SMILES string of the molecule is Cc1cc(C)n(C[C@H](C)NCCc2nc3ccccc3[nH]2)n1. The number of hydrogen-bond acceptors (Lipinski definition) is 3. The first-order valence-corrected chi connectivity index (χ1v) is 7.80. The maximum Gasteiger partial charge on any atom is 0.108 e. The molecule has 0 fully saturated rings. The van der Waals surface area contributed by atoms with E-state index in [1.54, 1.807) is 0 Å². The number of aryl methyl sites for hydroxylation is 2. The van der Waals surface area contributed by atoms with Gasteiger partial charge in [-0.15, -0.1) is 0 Å². The molecule has 1 atom stereocenters. The van der Waals surface area contributed by atoms with Gasteiger partial charge in [0.1, 0.15) is 5.82 Å². The highest BCUT2D eigenvalue weighted by atomic mass is 15.3. The Bertz CT molecular complexity index is 722. The molecule has 0 saturated heterocycles. The summed E-state index contributed by atoms with van der Waals surface area (Å²) in [6, 6.07) is 10.6. The van der Waals surface area contributed by atoms with Crippen LogP contribution >= 0.6 is 0 Å². The zero-order chi connectivity index (χ0) is 15.5. The van der Waals surface area contributed by atoms with Crippen molar-refractivity contribution in [2.24, 2.45) is 0 Å². The first kappa shape index (κ1) is 14.8. The van der Waals surface area contributed by atoms with Crippen LogP contribution in [0.4, 0.5) is 0 Å². The van der Waals surface area contributed by atoms with E-state index in [2.05, 4.69) is 51.0 Å². The predicted molar refractivity (Wildman–Crippen MR) is 89.0 cm³/mol. The second kappa shape index (κ2) is 6.32. The summed E-state index contributed by atoms with van der Waals surface area (Å²) in [5.74, 6) is 1.03. The van der Waals surface area contributed by atoms with Crippen molar-refractivity contribution >= 4 is 11.0 Å². The predicted octanol–water partition coefficient (Wildman–Crippen LogP) is 2.60. The summed E-state index contributed by atoms with van der Waals surface area (Å²) in [6.45, 7) is 8.11. The molecule has 2 aromatic heterocycles. The number of rotatable bonds is 6. The lowest BCUT2D eigenvalue weighted by Crippen LogP contribution is -2.32. The molecule has 0 unspecified atom stereocenters. The Hall–Kier alpha value is -2.14. The average molecular weight is 297 g/mol. The summed E-state index contributed by atoms with van der Waals surface area (Å²) in [4.78, 5) is 7.96. The molecule has 0 spiro atoms. The Morgan fingerprint density at radius 3 is 2.82 bits per heavy atom. The number of H-pyrrole nitrogens is 1. The average Bonchev–Trinajstić information content (AvgIpc) is 3.01. The minimum absolute atomic E-state index is 0.377. The van der Waals surface area contributed by atoms with Crippen LogP contribution in [-0.2, 0) is 13.0 Å². The van der Waals surface area contributed by atoms with Crippen molar-refractivity contribution in [3.8, 4) is 0 Å². The fourth-order valence-electron chi connectivity index (χ4n) is 2.74. The normalized spacial score (nSPS) is 12.9. The second-order valence-electron chi connectivity index (χ2n) is 5.92. The van der Waals surface area contributed by atoms with Gasteiger partial charge in [0, 0.05) is 24.7 Å². The van der Waals surface area contributed by atoms with Crippen molar-refractivity contribution in [2.45, 2.75) is 39.8 Å². The first-order chi connectivity index (χ1) is 10.6. The summed E-state index contributed by atoms with van der Waals surface area (Å²) in [7, 11) is 0. The topological polar surface area (TPSA) is 58.5 Å². The Balaban J connectivity index is 1.51. The van der Waals surface area contributed by atoms with Crippen LogP contribution in [0.5, 0.6) is 0 Å². The van der Waals surface area contributed by atoms with E-state index < -0.39 is 0 Å². The number of imidazole rings is 1. The summed E-state index contributed by atoms with van der Waals surface area (Å²) >= 11 is 0. The van der Waals surface area contributed by atoms with E-state index in [-0.39, 0.29) is 0 Å². The molecule has 0 amide bonds. The lowest BCUT2D eigenvalue weighted by Gasteiger charge is -2.14. The molecule has 2 N–H and O–H groups in total. The van der Waals surface area contributed by atoms with E-state index in [1.165, 1.54) is 5.69 Å². The summed E-state index contributed by atoms with van der Waals surface area (Å²) < 4.78 is 2.06. The molecule has 0 aliphatic heterocycles. The number of aromatic amines is 1. The van der Waals surface area contributed by atoms with Crippen LogP contribution in [-0.4, -0.2) is 32.3 Å². The van der Waals surface area contributed by atoms with E-state index in [4.69, 9.17) is 0 Å². The molecular formula is C17H23N5. The quantitative estimate of drug-likeness (QED) is 0.735. The van der Waals surface area contributed by atoms with Gasteiger partial charge in [0.05, 0.1) is 23.3 Å². The Labute approximate surface area is 130 Å². The third-order valence-corrected chi connectivity index (χ3v) is 3.84. The Kier molecular flexibility index (Phi) is 4.24. The Morgan fingerprint density at radius 2 is 2.09 bits per heavy atom. The van der Waals surface area contributed by atoms with Crippen LogP contribution in [0.25, 0.3) is 11.0 Å². The largest absolute Gasteiger partial charge is 0.342 e. The fraction of sp³-hybridized carbons (Fsp3) is 0.412. The molecule has 2 heterocycles. The number of hydrogen-bond donors (Lipinski definition) is 2. The van der Waals surface area contributed by atoms with E-state index in [0.717, 1.165) is 42.1 Å². The summed E-state index contributed by atoms with van der Waals surface area (Å²) in [5, 5.41) is 8.04. The second-order valence-corrected chi connectivity index (χ2v) is 5.92. The van der Waals surface area contributed by atoms with Crippen LogP contribution in [0.2, 0.25) is 0 Å². The van der Waals surface area contributed by atoms with Crippen molar-refractivity contribution in [2.75, 3.05) is 6.54 Å². The highest BCUT2D eigenvalue weighted by Crippen LogP contribution is 2.10. The smallest absolute Gasteiger partial charge is 0.108 e. The van der Waals surface area contributed by atoms with Gasteiger partial charge in [0.25, 0.3) is 0 Å². The lowest BCUT2D eigenvalue weighted by molar-refractivity contribution is 0.446. The van der Waals surface area contributed by atoms with E-state index >= 15 is 0 Å². The zero-order valence-corrected chi connectivity index (χ0v) is 13.4. The number of aromatic nitrogens is 4. The molecule has 1 aromatic carbocycles. The molecule has 116 valence electrons. The van der Waals surface area contributed by atoms with Crippen molar-refractivity contribution in [1.82, 2.24) is 25.1 Å². The molecule has 3 aromatic rings. The molecule has 0 aliphatic rings. The maximum atomic E-state index is 4.60. The highest BCUT2D eigenvalue weighted by Gasteiger charge is 2.07.